The number of nitrogens with one attached hydrogen (secondary N) is 2. The Bertz CT molecular complexity index is 685. The molecule has 22 heavy (non-hydrogen) atoms. The summed E-state index contributed by atoms with van der Waals surface area (Å²) in [6, 6.07) is 7.84. The molecule has 0 spiro atoms. The summed E-state index contributed by atoms with van der Waals surface area (Å²) in [4.78, 5) is 8.93. The van der Waals surface area contributed by atoms with Crippen LogP contribution in [-0.4, -0.2) is 16.5 Å². The van der Waals surface area contributed by atoms with E-state index in [9.17, 15) is 4.21 Å². The van der Waals surface area contributed by atoms with Crippen LogP contribution in [0.5, 0.6) is 0 Å². The van der Waals surface area contributed by atoms with Crippen molar-refractivity contribution in [2.75, 3.05) is 11.9 Å². The average Bonchev–Trinajstić information content (AvgIpc) is 2.55. The van der Waals surface area contributed by atoms with Crippen LogP contribution in [0.2, 0.25) is 0 Å². The minimum atomic E-state index is -0.424. The van der Waals surface area contributed by atoms with Crippen molar-refractivity contribution < 1.29 is 4.21 Å². The van der Waals surface area contributed by atoms with Gasteiger partial charge in [0.2, 0.25) is 5.95 Å². The smallest absolute Gasteiger partial charge is 0.324 e. The molecule has 114 valence electrons. The van der Waals surface area contributed by atoms with Crippen LogP contribution >= 0.6 is 0 Å². The minimum Gasteiger partial charge on any atom is -0.324 e. The lowest BCUT2D eigenvalue weighted by atomic mass is 10.0. The SMILES string of the molecule is CC(C)([S+]=O)c1ccc(Nc2ncc3c(n2)CNCC3)cc1. The lowest BCUT2D eigenvalue weighted by Crippen LogP contribution is -2.25. The third kappa shape index (κ3) is 3.13. The van der Waals surface area contributed by atoms with Crippen LogP contribution in [0.1, 0.15) is 30.7 Å². The minimum absolute atomic E-state index is 0.424. The van der Waals surface area contributed by atoms with Crippen molar-refractivity contribution in [3.05, 3.63) is 47.3 Å². The number of nitrogens with zero attached hydrogens (tertiary/aromatic N) is 2. The van der Waals surface area contributed by atoms with Gasteiger partial charge in [0.15, 0.2) is 0 Å². The third-order valence-electron chi connectivity index (χ3n) is 3.86. The molecule has 0 fully saturated rings. The fourth-order valence-electron chi connectivity index (χ4n) is 2.43. The van der Waals surface area contributed by atoms with Gasteiger partial charge in [-0.25, -0.2) is 9.97 Å². The predicted octanol–water partition coefficient (Wildman–Crippen LogP) is 2.53. The zero-order valence-corrected chi connectivity index (χ0v) is 13.5. The lowest BCUT2D eigenvalue weighted by molar-refractivity contribution is 0.584. The van der Waals surface area contributed by atoms with E-state index >= 15 is 0 Å². The Hall–Kier alpha value is -1.92. The summed E-state index contributed by atoms with van der Waals surface area (Å²) in [5.41, 5.74) is 4.20. The van der Waals surface area contributed by atoms with Gasteiger partial charge in [-0.05, 0) is 30.7 Å². The van der Waals surface area contributed by atoms with Crippen molar-refractivity contribution in [3.8, 4) is 0 Å². The number of benzene rings is 1. The Labute approximate surface area is 134 Å². The Morgan fingerprint density at radius 3 is 2.77 bits per heavy atom. The Balaban J connectivity index is 1.77. The van der Waals surface area contributed by atoms with Crippen LogP contribution < -0.4 is 10.6 Å². The van der Waals surface area contributed by atoms with E-state index in [2.05, 4.69) is 20.6 Å². The van der Waals surface area contributed by atoms with Gasteiger partial charge in [-0.2, -0.15) is 0 Å². The quantitative estimate of drug-likeness (QED) is 0.849. The molecule has 0 saturated heterocycles. The molecular weight excluding hydrogens is 296 g/mol. The Kier molecular flexibility index (Phi) is 4.13. The molecule has 0 saturated carbocycles. The number of hydrogen-bond donors (Lipinski definition) is 2. The molecule has 0 unspecified atom stereocenters. The van der Waals surface area contributed by atoms with Crippen molar-refractivity contribution in [1.29, 1.82) is 0 Å². The third-order valence-corrected chi connectivity index (χ3v) is 4.51. The van der Waals surface area contributed by atoms with E-state index < -0.39 is 4.75 Å². The zero-order valence-electron chi connectivity index (χ0n) is 12.7. The molecule has 2 heterocycles. The zero-order chi connectivity index (χ0) is 15.6. The van der Waals surface area contributed by atoms with Crippen LogP contribution in [0, 0.1) is 0 Å². The van der Waals surface area contributed by atoms with E-state index in [1.807, 2.05) is 44.3 Å². The number of hydrogen-bond acceptors (Lipinski definition) is 5. The molecule has 5 nitrogen and oxygen atoms in total. The molecule has 1 aliphatic heterocycles. The van der Waals surface area contributed by atoms with Crippen LogP contribution in [0.4, 0.5) is 11.6 Å². The fraction of sp³-hybridized carbons (Fsp3) is 0.375. The van der Waals surface area contributed by atoms with Crippen LogP contribution in [-0.2, 0) is 33.6 Å². The largest absolute Gasteiger partial charge is 0.469 e. The fourth-order valence-corrected chi connectivity index (χ4v) is 2.66. The van der Waals surface area contributed by atoms with E-state index in [0.29, 0.717) is 17.6 Å². The lowest BCUT2D eigenvalue weighted by Gasteiger charge is -2.16. The first-order chi connectivity index (χ1) is 10.6. The first kappa shape index (κ1) is 15.0. The maximum atomic E-state index is 11.1. The van der Waals surface area contributed by atoms with E-state index in [4.69, 9.17) is 0 Å². The molecule has 1 aliphatic rings. The molecule has 0 amide bonds. The summed E-state index contributed by atoms with van der Waals surface area (Å²) in [5.74, 6) is 0.604. The molecule has 0 atom stereocenters. The highest BCUT2D eigenvalue weighted by molar-refractivity contribution is 7.66. The van der Waals surface area contributed by atoms with Gasteiger partial charge in [0, 0.05) is 42.0 Å². The first-order valence-corrected chi connectivity index (χ1v) is 8.07. The predicted molar refractivity (Wildman–Crippen MR) is 88.2 cm³/mol. The maximum Gasteiger partial charge on any atom is 0.469 e. The summed E-state index contributed by atoms with van der Waals surface area (Å²) < 4.78 is 10.7. The second-order valence-corrected chi connectivity index (χ2v) is 7.08. The Morgan fingerprint density at radius 2 is 2.05 bits per heavy atom. The number of rotatable bonds is 4. The van der Waals surface area contributed by atoms with Gasteiger partial charge in [0.25, 0.3) is 4.75 Å². The molecule has 1 aromatic heterocycles. The van der Waals surface area contributed by atoms with Crippen molar-refractivity contribution in [2.24, 2.45) is 0 Å². The maximum absolute atomic E-state index is 11.1. The summed E-state index contributed by atoms with van der Waals surface area (Å²) in [5, 5.41) is 6.53. The molecular formula is C16H19N4OS+. The number of aromatic nitrogens is 2. The van der Waals surface area contributed by atoms with Gasteiger partial charge in [0.1, 0.15) is 0 Å². The molecule has 6 heteroatoms. The number of fused-ring (bicyclic) bond motifs is 1. The van der Waals surface area contributed by atoms with E-state index in [1.165, 1.54) is 5.56 Å². The van der Waals surface area contributed by atoms with Crippen molar-refractivity contribution in [1.82, 2.24) is 15.3 Å². The highest BCUT2D eigenvalue weighted by Gasteiger charge is 2.34. The number of anilines is 2. The summed E-state index contributed by atoms with van der Waals surface area (Å²) in [6.45, 7) is 5.62. The highest BCUT2D eigenvalue weighted by Crippen LogP contribution is 2.25. The van der Waals surface area contributed by atoms with Crippen molar-refractivity contribution in [3.63, 3.8) is 0 Å². The molecule has 0 radical (unpaired) electrons. The van der Waals surface area contributed by atoms with E-state index in [0.717, 1.165) is 36.5 Å². The Morgan fingerprint density at radius 1 is 1.27 bits per heavy atom. The summed E-state index contributed by atoms with van der Waals surface area (Å²) in [6.07, 6.45) is 2.88. The van der Waals surface area contributed by atoms with Crippen LogP contribution in [0.3, 0.4) is 0 Å². The standard InChI is InChI=1S/C16H19N4OS/c1-16(2,22-21)12-3-5-13(6-4-12)19-15-18-9-11-7-8-17-10-14(11)20-15/h3-6,9,17H,7-8,10H2,1-2H3,(H,18,19,20)/q+1. The van der Waals surface area contributed by atoms with Gasteiger partial charge in [0.05, 0.1) is 5.69 Å². The molecule has 0 aliphatic carbocycles. The second kappa shape index (κ2) is 6.06. The van der Waals surface area contributed by atoms with Crippen molar-refractivity contribution in [2.45, 2.75) is 31.6 Å². The van der Waals surface area contributed by atoms with Gasteiger partial charge in [-0.1, -0.05) is 12.1 Å². The highest BCUT2D eigenvalue weighted by atomic mass is 32.1. The normalized spacial score (nSPS) is 14.3. The van der Waals surface area contributed by atoms with Crippen LogP contribution in [0.25, 0.3) is 0 Å². The first-order valence-electron chi connectivity index (χ1n) is 7.32. The molecule has 0 bridgehead atoms. The summed E-state index contributed by atoms with van der Waals surface area (Å²) in [7, 11) is 0. The van der Waals surface area contributed by atoms with Gasteiger partial charge in [-0.15, -0.1) is 0 Å². The monoisotopic (exact) mass is 315 g/mol. The topological polar surface area (TPSA) is 66.9 Å². The molecule has 1 aromatic carbocycles. The molecule has 2 aromatic rings. The summed E-state index contributed by atoms with van der Waals surface area (Å²) >= 11 is 0.603. The van der Waals surface area contributed by atoms with E-state index in [-0.39, 0.29) is 0 Å². The molecule has 3 rings (SSSR count). The second-order valence-electron chi connectivity index (χ2n) is 5.89. The van der Waals surface area contributed by atoms with Crippen LogP contribution in [0.15, 0.2) is 30.5 Å². The van der Waals surface area contributed by atoms with Gasteiger partial charge >= 0.3 is 11.7 Å². The van der Waals surface area contributed by atoms with Gasteiger partial charge < -0.3 is 10.6 Å². The van der Waals surface area contributed by atoms with E-state index in [1.54, 1.807) is 0 Å². The molecule has 2 N–H and O–H groups in total. The van der Waals surface area contributed by atoms with Crippen molar-refractivity contribution >= 4 is 23.3 Å². The average molecular weight is 315 g/mol. The van der Waals surface area contributed by atoms with Gasteiger partial charge in [-0.3, -0.25) is 0 Å².